The summed E-state index contributed by atoms with van der Waals surface area (Å²) in [5, 5.41) is 4.07. The van der Waals surface area contributed by atoms with E-state index in [0.29, 0.717) is 17.8 Å². The number of aromatic nitrogens is 6. The van der Waals surface area contributed by atoms with Gasteiger partial charge >= 0.3 is 6.01 Å². The van der Waals surface area contributed by atoms with Gasteiger partial charge in [-0.3, -0.25) is 0 Å². The Morgan fingerprint density at radius 3 is 2.52 bits per heavy atom. The lowest BCUT2D eigenvalue weighted by molar-refractivity contribution is 0.162. The van der Waals surface area contributed by atoms with Crippen molar-refractivity contribution in [3.8, 4) is 17.5 Å². The molecule has 1 aliphatic rings. The minimum atomic E-state index is 0.0802. The zero-order valence-electron chi connectivity index (χ0n) is 18.1. The highest BCUT2D eigenvalue weighted by atomic mass is 16.5. The summed E-state index contributed by atoms with van der Waals surface area (Å²) in [6, 6.07) is 15.8. The molecule has 1 aromatic carbocycles. The molecule has 0 unspecified atom stereocenters. The van der Waals surface area contributed by atoms with Gasteiger partial charge in [-0.25, -0.2) is 4.98 Å². The summed E-state index contributed by atoms with van der Waals surface area (Å²) in [4.78, 5) is 25.5. The summed E-state index contributed by atoms with van der Waals surface area (Å²) in [5.74, 6) is 1.62. The lowest BCUT2D eigenvalue weighted by Gasteiger charge is -2.30. The normalized spacial score (nSPS) is 14.3. The highest BCUT2D eigenvalue weighted by Gasteiger charge is 2.25. The van der Waals surface area contributed by atoms with Crippen molar-refractivity contribution in [2.24, 2.45) is 0 Å². The third-order valence-electron chi connectivity index (χ3n) is 5.34. The molecule has 1 saturated heterocycles. The molecule has 4 heterocycles. The van der Waals surface area contributed by atoms with Gasteiger partial charge < -0.3 is 24.8 Å². The summed E-state index contributed by atoms with van der Waals surface area (Å²) in [5.41, 5.74) is 6.85. The highest BCUT2D eigenvalue weighted by molar-refractivity contribution is 5.59. The molecule has 5 rings (SSSR count). The van der Waals surface area contributed by atoms with E-state index in [1.807, 2.05) is 65.4 Å². The number of nitrogens with two attached hydrogens (primary N) is 1. The fraction of sp³-hybridized carbons (Fsp3) is 0.273. The number of hydrogen-bond acceptors (Lipinski definition) is 11. The number of anilines is 4. The van der Waals surface area contributed by atoms with E-state index >= 15 is 0 Å². The number of para-hydroxylation sites is 1. The van der Waals surface area contributed by atoms with Crippen LogP contribution in [0.5, 0.6) is 5.88 Å². The van der Waals surface area contributed by atoms with E-state index in [9.17, 15) is 0 Å². The first-order chi connectivity index (χ1) is 16.2. The van der Waals surface area contributed by atoms with Crippen LogP contribution in [-0.4, -0.2) is 56.3 Å². The largest absolute Gasteiger partial charge is 0.474 e. The van der Waals surface area contributed by atoms with Crippen LogP contribution >= 0.6 is 0 Å². The van der Waals surface area contributed by atoms with Gasteiger partial charge in [0.05, 0.1) is 0 Å². The smallest absolute Gasteiger partial charge is 0.324 e. The van der Waals surface area contributed by atoms with E-state index in [1.165, 1.54) is 0 Å². The molecule has 4 aromatic rings. The van der Waals surface area contributed by atoms with Gasteiger partial charge in [-0.05, 0) is 18.2 Å². The van der Waals surface area contributed by atoms with Gasteiger partial charge in [-0.1, -0.05) is 29.4 Å². The second-order valence-corrected chi connectivity index (χ2v) is 7.58. The first-order valence-electron chi connectivity index (χ1n) is 10.6. The Morgan fingerprint density at radius 1 is 0.970 bits per heavy atom. The lowest BCUT2D eigenvalue weighted by atomic mass is 10.1. The average Bonchev–Trinajstić information content (AvgIpc) is 3.35. The zero-order valence-corrected chi connectivity index (χ0v) is 18.1. The molecule has 168 valence electrons. The monoisotopic (exact) mass is 445 g/mol. The van der Waals surface area contributed by atoms with Crippen LogP contribution in [0.3, 0.4) is 0 Å². The molecule has 0 bridgehead atoms. The Bertz CT molecular complexity index is 1190. The fourth-order valence-corrected chi connectivity index (χ4v) is 3.59. The van der Waals surface area contributed by atoms with E-state index in [4.69, 9.17) is 15.0 Å². The molecule has 0 spiro atoms. The van der Waals surface area contributed by atoms with Crippen molar-refractivity contribution in [3.63, 3.8) is 0 Å². The Balaban J connectivity index is 1.28. The summed E-state index contributed by atoms with van der Waals surface area (Å²) in [6.07, 6.45) is 3.46. The minimum Gasteiger partial charge on any atom is -0.474 e. The number of benzene rings is 1. The number of ether oxygens (including phenoxy) is 1. The van der Waals surface area contributed by atoms with Crippen molar-refractivity contribution in [1.29, 1.82) is 0 Å². The van der Waals surface area contributed by atoms with E-state index in [2.05, 4.69) is 30.1 Å². The third-order valence-corrected chi connectivity index (χ3v) is 5.34. The summed E-state index contributed by atoms with van der Waals surface area (Å²) in [6.45, 7) is 1.45. The summed E-state index contributed by atoms with van der Waals surface area (Å²) < 4.78 is 11.4. The van der Waals surface area contributed by atoms with Gasteiger partial charge in [-0.2, -0.15) is 19.9 Å². The predicted octanol–water partition coefficient (Wildman–Crippen LogP) is 2.71. The number of nitrogen functional groups attached to an aromatic ring is 1. The summed E-state index contributed by atoms with van der Waals surface area (Å²) in [7, 11) is 1.85. The molecule has 1 aliphatic heterocycles. The quantitative estimate of drug-likeness (QED) is 0.470. The number of hydrogen-bond donors (Lipinski definition) is 1. The van der Waals surface area contributed by atoms with Crippen LogP contribution in [0.2, 0.25) is 0 Å². The molecule has 0 aliphatic carbocycles. The molecule has 3 aromatic heterocycles. The van der Waals surface area contributed by atoms with Crippen LogP contribution in [0, 0.1) is 0 Å². The maximum absolute atomic E-state index is 5.95. The predicted molar refractivity (Wildman–Crippen MR) is 122 cm³/mol. The van der Waals surface area contributed by atoms with Gasteiger partial charge in [0, 0.05) is 50.9 Å². The van der Waals surface area contributed by atoms with Gasteiger partial charge in [0.15, 0.2) is 0 Å². The van der Waals surface area contributed by atoms with Crippen molar-refractivity contribution in [2.75, 3.05) is 35.7 Å². The minimum absolute atomic E-state index is 0.0802. The molecular weight excluding hydrogens is 422 g/mol. The Morgan fingerprint density at radius 2 is 1.76 bits per heavy atom. The topological polar surface area (TPSA) is 132 Å². The van der Waals surface area contributed by atoms with Gasteiger partial charge in [0.25, 0.3) is 0 Å². The Hall–Kier alpha value is -4.28. The Kier molecular flexibility index (Phi) is 5.66. The van der Waals surface area contributed by atoms with E-state index in [0.717, 1.165) is 31.6 Å². The van der Waals surface area contributed by atoms with Crippen LogP contribution in [0.1, 0.15) is 12.8 Å². The van der Waals surface area contributed by atoms with Crippen LogP contribution < -0.4 is 20.3 Å². The zero-order chi connectivity index (χ0) is 22.6. The van der Waals surface area contributed by atoms with Crippen LogP contribution in [0.15, 0.2) is 59.3 Å². The molecule has 33 heavy (non-hydrogen) atoms. The van der Waals surface area contributed by atoms with Crippen LogP contribution in [-0.2, 0) is 0 Å². The molecule has 0 saturated carbocycles. The molecule has 0 amide bonds. The van der Waals surface area contributed by atoms with E-state index in [1.54, 1.807) is 6.20 Å². The van der Waals surface area contributed by atoms with Crippen LogP contribution in [0.4, 0.5) is 23.6 Å². The fourth-order valence-electron chi connectivity index (χ4n) is 3.59. The van der Waals surface area contributed by atoms with Crippen molar-refractivity contribution in [2.45, 2.75) is 18.9 Å². The number of piperidine rings is 1. The first-order valence-corrected chi connectivity index (χ1v) is 10.6. The van der Waals surface area contributed by atoms with Crippen molar-refractivity contribution >= 4 is 23.6 Å². The maximum atomic E-state index is 5.95. The second kappa shape index (κ2) is 9.07. The molecule has 0 radical (unpaired) electrons. The number of pyridine rings is 1. The number of nitrogens with zero attached hydrogens (tertiary/aromatic N) is 8. The summed E-state index contributed by atoms with van der Waals surface area (Å²) >= 11 is 0. The van der Waals surface area contributed by atoms with E-state index in [-0.39, 0.29) is 23.7 Å². The lowest BCUT2D eigenvalue weighted by Crippen LogP contribution is -2.38. The molecular formula is C22H23N9O2. The second-order valence-electron chi connectivity index (χ2n) is 7.58. The Labute approximate surface area is 190 Å². The SMILES string of the molecule is CN(c1ccccc1)c1nc(N)nc(-c2noc(N3CCC(Oc4ccccn4)CC3)n2)n1. The molecule has 0 atom stereocenters. The standard InChI is InChI=1S/C22H23N9O2/c1-30(15-7-3-2-4-8-15)21-26-18(25-20(23)28-21)19-27-22(33-29-19)31-13-10-16(11-14-31)32-17-9-5-6-12-24-17/h2-9,12,16H,10-11,13-14H2,1H3,(H2,23,25,26,28). The van der Waals surface area contributed by atoms with Crippen molar-refractivity contribution in [1.82, 2.24) is 30.1 Å². The molecule has 11 heteroatoms. The molecule has 1 fully saturated rings. The number of rotatable bonds is 6. The van der Waals surface area contributed by atoms with Gasteiger partial charge in [0.1, 0.15) is 6.10 Å². The van der Waals surface area contributed by atoms with Gasteiger partial charge in [0.2, 0.25) is 29.4 Å². The van der Waals surface area contributed by atoms with E-state index < -0.39 is 0 Å². The molecule has 11 nitrogen and oxygen atoms in total. The third kappa shape index (κ3) is 4.66. The first kappa shape index (κ1) is 20.6. The van der Waals surface area contributed by atoms with Crippen LogP contribution in [0.25, 0.3) is 11.6 Å². The van der Waals surface area contributed by atoms with Crippen molar-refractivity contribution < 1.29 is 9.26 Å². The average molecular weight is 445 g/mol. The maximum Gasteiger partial charge on any atom is 0.324 e. The highest BCUT2D eigenvalue weighted by Crippen LogP contribution is 2.25. The molecule has 2 N–H and O–H groups in total. The van der Waals surface area contributed by atoms with Gasteiger partial charge in [-0.15, -0.1) is 0 Å². The van der Waals surface area contributed by atoms with Crippen molar-refractivity contribution in [3.05, 3.63) is 54.7 Å².